The molecule has 16 heavy (non-hydrogen) atoms. The second-order valence-corrected chi connectivity index (χ2v) is 4.40. The Morgan fingerprint density at radius 1 is 1.56 bits per heavy atom. The first-order valence-corrected chi connectivity index (χ1v) is 5.26. The average molecular weight is 246 g/mol. The van der Waals surface area contributed by atoms with Crippen molar-refractivity contribution in [3.63, 3.8) is 0 Å². The van der Waals surface area contributed by atoms with E-state index in [-0.39, 0.29) is 17.2 Å². The Morgan fingerprint density at radius 2 is 2.19 bits per heavy atom. The molecule has 0 fully saturated rings. The number of hydrogen-bond acceptors (Lipinski definition) is 2. The summed E-state index contributed by atoms with van der Waals surface area (Å²) < 4.78 is 12.7. The second-order valence-electron chi connectivity index (χ2n) is 4.13. The first-order valence-electron chi connectivity index (χ1n) is 4.73. The van der Waals surface area contributed by atoms with Gasteiger partial charge < -0.3 is 10.4 Å². The monoisotopic (exact) mass is 245 g/mol. The summed E-state index contributed by atoms with van der Waals surface area (Å²) in [4.78, 5) is 11.7. The average Bonchev–Trinajstić information content (AvgIpc) is 2.16. The van der Waals surface area contributed by atoms with Crippen LogP contribution >= 0.6 is 11.6 Å². The SMILES string of the molecule is CC(C)(CCl)NC(=O)c1ccc(F)cc1O. The van der Waals surface area contributed by atoms with Gasteiger partial charge in [-0.25, -0.2) is 4.39 Å². The van der Waals surface area contributed by atoms with E-state index in [4.69, 9.17) is 11.6 Å². The van der Waals surface area contributed by atoms with Crippen molar-refractivity contribution in [2.24, 2.45) is 0 Å². The molecule has 0 unspecified atom stereocenters. The number of carbonyl (C=O) groups is 1. The van der Waals surface area contributed by atoms with Gasteiger partial charge in [0.1, 0.15) is 11.6 Å². The molecule has 3 nitrogen and oxygen atoms in total. The molecule has 0 aliphatic rings. The predicted octanol–water partition coefficient (Wildman–Crippen LogP) is 2.28. The molecule has 0 spiro atoms. The fourth-order valence-corrected chi connectivity index (χ4v) is 1.17. The first-order chi connectivity index (χ1) is 7.35. The fourth-order valence-electron chi connectivity index (χ4n) is 1.10. The Balaban J connectivity index is 2.89. The lowest BCUT2D eigenvalue weighted by atomic mass is 10.1. The number of nitrogens with one attached hydrogen (secondary N) is 1. The molecule has 1 amide bonds. The van der Waals surface area contributed by atoms with Crippen LogP contribution in [0.4, 0.5) is 4.39 Å². The highest BCUT2D eigenvalue weighted by Gasteiger charge is 2.21. The standard InChI is InChI=1S/C11H13ClFNO2/c1-11(2,6-12)14-10(16)8-4-3-7(13)5-9(8)15/h3-5,15H,6H2,1-2H3,(H,14,16). The smallest absolute Gasteiger partial charge is 0.255 e. The Morgan fingerprint density at radius 3 is 2.69 bits per heavy atom. The molecule has 1 aromatic carbocycles. The maximum atomic E-state index is 12.7. The predicted molar refractivity (Wildman–Crippen MR) is 60.3 cm³/mol. The van der Waals surface area contributed by atoms with E-state index in [2.05, 4.69) is 5.32 Å². The number of alkyl halides is 1. The lowest BCUT2D eigenvalue weighted by Gasteiger charge is -2.23. The molecule has 0 aliphatic heterocycles. The van der Waals surface area contributed by atoms with Gasteiger partial charge in [0.05, 0.1) is 5.56 Å². The van der Waals surface area contributed by atoms with Crippen molar-refractivity contribution < 1.29 is 14.3 Å². The topological polar surface area (TPSA) is 49.3 Å². The van der Waals surface area contributed by atoms with E-state index >= 15 is 0 Å². The summed E-state index contributed by atoms with van der Waals surface area (Å²) in [6.45, 7) is 3.50. The molecular formula is C11H13ClFNO2. The van der Waals surface area contributed by atoms with Crippen LogP contribution in [0.15, 0.2) is 18.2 Å². The first kappa shape index (κ1) is 12.8. The maximum absolute atomic E-state index is 12.7. The van der Waals surface area contributed by atoms with Crippen molar-refractivity contribution >= 4 is 17.5 Å². The number of halogens is 2. The van der Waals surface area contributed by atoms with E-state index in [1.165, 1.54) is 6.07 Å². The molecule has 0 aliphatic carbocycles. The summed E-state index contributed by atoms with van der Waals surface area (Å²) in [5.74, 6) is -1.22. The number of phenolic OH excluding ortho intramolecular Hbond substituents is 1. The van der Waals surface area contributed by atoms with E-state index in [1.807, 2.05) is 0 Å². The molecule has 0 saturated heterocycles. The number of amides is 1. The Kier molecular flexibility index (Phi) is 3.75. The number of phenols is 1. The third kappa shape index (κ3) is 3.10. The van der Waals surface area contributed by atoms with E-state index in [0.717, 1.165) is 12.1 Å². The van der Waals surface area contributed by atoms with Crippen LogP contribution in [0.1, 0.15) is 24.2 Å². The lowest BCUT2D eigenvalue weighted by Crippen LogP contribution is -2.44. The minimum absolute atomic E-state index is 0.0274. The zero-order valence-corrected chi connectivity index (χ0v) is 9.81. The highest BCUT2D eigenvalue weighted by Crippen LogP contribution is 2.19. The van der Waals surface area contributed by atoms with E-state index in [9.17, 15) is 14.3 Å². The summed E-state index contributed by atoms with van der Waals surface area (Å²) >= 11 is 5.65. The van der Waals surface area contributed by atoms with Gasteiger partial charge in [0, 0.05) is 17.5 Å². The van der Waals surface area contributed by atoms with Gasteiger partial charge in [0.25, 0.3) is 5.91 Å². The van der Waals surface area contributed by atoms with Crippen molar-refractivity contribution in [1.29, 1.82) is 0 Å². The van der Waals surface area contributed by atoms with Gasteiger partial charge in [-0.1, -0.05) is 0 Å². The van der Waals surface area contributed by atoms with Crippen LogP contribution in [-0.4, -0.2) is 22.4 Å². The molecule has 0 atom stereocenters. The van der Waals surface area contributed by atoms with Crippen molar-refractivity contribution in [3.8, 4) is 5.75 Å². The summed E-state index contributed by atoms with van der Waals surface area (Å²) in [6, 6.07) is 3.23. The van der Waals surface area contributed by atoms with Gasteiger partial charge in [-0.2, -0.15) is 0 Å². The van der Waals surface area contributed by atoms with Gasteiger partial charge in [-0.05, 0) is 26.0 Å². The van der Waals surface area contributed by atoms with Crippen LogP contribution in [0, 0.1) is 5.82 Å². The summed E-state index contributed by atoms with van der Waals surface area (Å²) in [7, 11) is 0. The second kappa shape index (κ2) is 4.70. The zero-order chi connectivity index (χ0) is 12.3. The van der Waals surface area contributed by atoms with Crippen molar-refractivity contribution in [3.05, 3.63) is 29.6 Å². The molecule has 0 heterocycles. The van der Waals surface area contributed by atoms with Crippen LogP contribution in [-0.2, 0) is 0 Å². The summed E-state index contributed by atoms with van der Waals surface area (Å²) in [6.07, 6.45) is 0. The quantitative estimate of drug-likeness (QED) is 0.803. The molecule has 0 bridgehead atoms. The summed E-state index contributed by atoms with van der Waals surface area (Å²) in [5.41, 5.74) is -0.556. The third-order valence-electron chi connectivity index (χ3n) is 1.99. The highest BCUT2D eigenvalue weighted by molar-refractivity contribution is 6.18. The van der Waals surface area contributed by atoms with Gasteiger partial charge in [-0.15, -0.1) is 11.6 Å². The number of aromatic hydroxyl groups is 1. The van der Waals surface area contributed by atoms with Crippen molar-refractivity contribution in [1.82, 2.24) is 5.32 Å². The fraction of sp³-hybridized carbons (Fsp3) is 0.364. The number of benzene rings is 1. The molecule has 2 N–H and O–H groups in total. The molecule has 88 valence electrons. The van der Waals surface area contributed by atoms with Crippen molar-refractivity contribution in [2.45, 2.75) is 19.4 Å². The molecule has 0 radical (unpaired) electrons. The van der Waals surface area contributed by atoms with Crippen LogP contribution in [0.2, 0.25) is 0 Å². The van der Waals surface area contributed by atoms with E-state index in [0.29, 0.717) is 0 Å². The molecule has 0 saturated carbocycles. The van der Waals surface area contributed by atoms with Gasteiger partial charge in [-0.3, -0.25) is 4.79 Å². The van der Waals surface area contributed by atoms with Crippen LogP contribution in [0.3, 0.4) is 0 Å². The van der Waals surface area contributed by atoms with Crippen LogP contribution in [0.25, 0.3) is 0 Å². The zero-order valence-electron chi connectivity index (χ0n) is 9.05. The van der Waals surface area contributed by atoms with E-state index in [1.54, 1.807) is 13.8 Å². The van der Waals surface area contributed by atoms with Gasteiger partial charge in [0.2, 0.25) is 0 Å². The number of carbonyl (C=O) groups excluding carboxylic acids is 1. The van der Waals surface area contributed by atoms with Crippen LogP contribution in [0.5, 0.6) is 5.75 Å². The Labute approximate surface area is 98.2 Å². The van der Waals surface area contributed by atoms with E-state index < -0.39 is 17.3 Å². The highest BCUT2D eigenvalue weighted by atomic mass is 35.5. The largest absolute Gasteiger partial charge is 0.507 e. The normalized spacial score (nSPS) is 11.2. The minimum atomic E-state index is -0.592. The summed E-state index contributed by atoms with van der Waals surface area (Å²) in [5, 5.41) is 12.0. The van der Waals surface area contributed by atoms with Crippen LogP contribution < -0.4 is 5.32 Å². The Bertz CT molecular complexity index is 407. The molecule has 1 aromatic rings. The van der Waals surface area contributed by atoms with Crippen molar-refractivity contribution in [2.75, 3.05) is 5.88 Å². The lowest BCUT2D eigenvalue weighted by molar-refractivity contribution is 0.0917. The van der Waals surface area contributed by atoms with Gasteiger partial charge >= 0.3 is 0 Å². The molecule has 0 aromatic heterocycles. The maximum Gasteiger partial charge on any atom is 0.255 e. The minimum Gasteiger partial charge on any atom is -0.507 e. The third-order valence-corrected chi connectivity index (χ3v) is 2.66. The molecular weight excluding hydrogens is 233 g/mol. The molecule has 1 rings (SSSR count). The number of hydrogen-bond donors (Lipinski definition) is 2. The Hall–Kier alpha value is -1.29. The number of rotatable bonds is 3. The van der Waals surface area contributed by atoms with Gasteiger partial charge in [0.15, 0.2) is 0 Å². The molecule has 5 heteroatoms.